The molecule has 34 heavy (non-hydrogen) atoms. The molecule has 0 unspecified atom stereocenters. The van der Waals surface area contributed by atoms with Crippen molar-refractivity contribution < 1.29 is 21.9 Å². The molecule has 3 heterocycles. The first-order valence-electron chi connectivity index (χ1n) is 10.2. The first kappa shape index (κ1) is 26.0. The molecule has 1 fully saturated rings. The summed E-state index contributed by atoms with van der Waals surface area (Å²) in [5.74, 6) is -0.369. The van der Waals surface area contributed by atoms with Gasteiger partial charge in [0.25, 0.3) is 0 Å². The smallest absolute Gasteiger partial charge is 0.238 e. The lowest BCUT2D eigenvalue weighted by Gasteiger charge is -2.31. The molecule has 0 spiro atoms. The number of nitrogens with two attached hydrogens (primary N) is 1. The zero-order valence-electron chi connectivity index (χ0n) is 18.4. The second-order valence-corrected chi connectivity index (χ2v) is 11.6. The standard InChI is InChI=1S/C21H25N5O5S2.ClH/c1-25-8-10-26(11-9-25)7-2-12-32(28,29)16-4-6-19(23-14-16)20-17-13-15(33(22,30)31)3-5-18(17)24-21(20)27;/h2-7,13-14,24,27H,8-12H2,1H3,(H2,22,30,31);1H. The summed E-state index contributed by atoms with van der Waals surface area (Å²) in [5.41, 5.74) is 1.04. The minimum Gasteiger partial charge on any atom is -0.494 e. The molecule has 3 aromatic rings. The highest BCUT2D eigenvalue weighted by Gasteiger charge is 2.19. The molecule has 2 aromatic heterocycles. The first-order valence-corrected chi connectivity index (χ1v) is 13.4. The van der Waals surface area contributed by atoms with E-state index < -0.39 is 19.9 Å². The minimum atomic E-state index is -3.94. The zero-order valence-corrected chi connectivity index (χ0v) is 20.8. The van der Waals surface area contributed by atoms with E-state index in [1.165, 1.54) is 36.5 Å². The second-order valence-electron chi connectivity index (χ2n) is 7.99. The summed E-state index contributed by atoms with van der Waals surface area (Å²) >= 11 is 0. The van der Waals surface area contributed by atoms with Gasteiger partial charge in [0.1, 0.15) is 0 Å². The molecule has 10 nitrogen and oxygen atoms in total. The van der Waals surface area contributed by atoms with Crippen molar-refractivity contribution in [2.45, 2.75) is 9.79 Å². The number of pyridine rings is 1. The van der Waals surface area contributed by atoms with Crippen LogP contribution in [-0.2, 0) is 19.9 Å². The minimum absolute atomic E-state index is 0. The van der Waals surface area contributed by atoms with Gasteiger partial charge in [0.2, 0.25) is 10.0 Å². The average Bonchev–Trinajstić information content (AvgIpc) is 3.09. The number of sulfone groups is 1. The summed E-state index contributed by atoms with van der Waals surface area (Å²) in [4.78, 5) is 11.2. The molecule has 184 valence electrons. The SMILES string of the molecule is CN1CCN(C=CCS(=O)(=O)c2ccc(-c3c(O)[nH]c4ccc(S(N)(=O)=O)cc34)nc2)CC1.Cl. The number of aromatic hydroxyl groups is 1. The van der Waals surface area contributed by atoms with Crippen LogP contribution in [0.15, 0.2) is 58.6 Å². The van der Waals surface area contributed by atoms with E-state index >= 15 is 0 Å². The van der Waals surface area contributed by atoms with Crippen molar-refractivity contribution in [3.05, 3.63) is 48.8 Å². The van der Waals surface area contributed by atoms with Crippen molar-refractivity contribution in [2.75, 3.05) is 39.0 Å². The number of benzene rings is 1. The van der Waals surface area contributed by atoms with E-state index in [1.807, 2.05) is 6.20 Å². The number of hydrogen-bond acceptors (Lipinski definition) is 8. The molecule has 0 saturated carbocycles. The van der Waals surface area contributed by atoms with Crippen LogP contribution in [0.2, 0.25) is 0 Å². The Morgan fingerprint density at radius 3 is 2.38 bits per heavy atom. The third-order valence-electron chi connectivity index (χ3n) is 5.60. The Bertz CT molecular complexity index is 1410. The van der Waals surface area contributed by atoms with Gasteiger partial charge in [0.15, 0.2) is 15.7 Å². The molecular formula is C21H26ClN5O5S2. The number of H-pyrrole nitrogens is 1. The molecule has 13 heteroatoms. The molecule has 4 N–H and O–H groups in total. The monoisotopic (exact) mass is 527 g/mol. The zero-order chi connectivity index (χ0) is 23.8. The van der Waals surface area contributed by atoms with Crippen molar-refractivity contribution in [1.29, 1.82) is 0 Å². The number of nitrogens with one attached hydrogen (secondary N) is 1. The lowest BCUT2D eigenvalue weighted by Crippen LogP contribution is -2.41. The van der Waals surface area contributed by atoms with E-state index in [2.05, 4.69) is 26.8 Å². The number of nitrogens with zero attached hydrogens (tertiary/aromatic N) is 3. The van der Waals surface area contributed by atoms with Gasteiger partial charge in [-0.2, -0.15) is 0 Å². The second kappa shape index (κ2) is 9.92. The van der Waals surface area contributed by atoms with Crippen molar-refractivity contribution in [2.24, 2.45) is 5.14 Å². The maximum atomic E-state index is 12.7. The quantitative estimate of drug-likeness (QED) is 0.437. The lowest BCUT2D eigenvalue weighted by atomic mass is 10.1. The average molecular weight is 528 g/mol. The Kier molecular flexibility index (Phi) is 7.58. The highest BCUT2D eigenvalue weighted by Crippen LogP contribution is 2.36. The lowest BCUT2D eigenvalue weighted by molar-refractivity contribution is 0.198. The van der Waals surface area contributed by atoms with Crippen molar-refractivity contribution >= 4 is 43.2 Å². The van der Waals surface area contributed by atoms with Gasteiger partial charge in [-0.05, 0) is 43.6 Å². The van der Waals surface area contributed by atoms with Crippen molar-refractivity contribution in [1.82, 2.24) is 19.8 Å². The fraction of sp³-hybridized carbons (Fsp3) is 0.286. The van der Waals surface area contributed by atoms with Gasteiger partial charge in [0.05, 0.1) is 26.8 Å². The molecule has 1 aromatic carbocycles. The Morgan fingerprint density at radius 1 is 1.09 bits per heavy atom. The van der Waals surface area contributed by atoms with Crippen LogP contribution in [0, 0.1) is 0 Å². The molecule has 1 aliphatic heterocycles. The Labute approximate surface area is 204 Å². The van der Waals surface area contributed by atoms with E-state index in [9.17, 15) is 21.9 Å². The number of rotatable bonds is 6. The van der Waals surface area contributed by atoms with Crippen LogP contribution in [0.3, 0.4) is 0 Å². The molecule has 0 radical (unpaired) electrons. The maximum absolute atomic E-state index is 12.7. The summed E-state index contributed by atoms with van der Waals surface area (Å²) in [7, 11) is -5.47. The highest BCUT2D eigenvalue weighted by molar-refractivity contribution is 7.91. The number of fused-ring (bicyclic) bond motifs is 1. The predicted octanol–water partition coefficient (Wildman–Crippen LogP) is 1.54. The third kappa shape index (κ3) is 5.53. The van der Waals surface area contributed by atoms with E-state index in [4.69, 9.17) is 5.14 Å². The number of aromatic amines is 1. The normalized spacial score (nSPS) is 15.6. The number of sulfonamides is 1. The number of hydrogen-bond donors (Lipinski definition) is 3. The Morgan fingerprint density at radius 2 is 1.76 bits per heavy atom. The van der Waals surface area contributed by atoms with Crippen LogP contribution in [0.5, 0.6) is 5.88 Å². The van der Waals surface area contributed by atoms with Gasteiger partial charge in [0, 0.05) is 43.3 Å². The molecular weight excluding hydrogens is 502 g/mol. The number of aromatic nitrogens is 2. The van der Waals surface area contributed by atoms with Crippen molar-refractivity contribution in [3.63, 3.8) is 0 Å². The summed E-state index contributed by atoms with van der Waals surface area (Å²) in [6, 6.07) is 7.05. The summed E-state index contributed by atoms with van der Waals surface area (Å²) in [5, 5.41) is 16.0. The molecule has 4 rings (SSSR count). The van der Waals surface area contributed by atoms with Crippen LogP contribution >= 0.6 is 12.4 Å². The van der Waals surface area contributed by atoms with Gasteiger partial charge in [-0.25, -0.2) is 22.0 Å². The van der Waals surface area contributed by atoms with Crippen LogP contribution in [0.25, 0.3) is 22.2 Å². The van der Waals surface area contributed by atoms with Gasteiger partial charge in [-0.1, -0.05) is 6.08 Å². The van der Waals surface area contributed by atoms with E-state index in [0.717, 1.165) is 26.2 Å². The van der Waals surface area contributed by atoms with Crippen LogP contribution in [-0.4, -0.2) is 80.7 Å². The topological polar surface area (TPSA) is 150 Å². The first-order chi connectivity index (χ1) is 15.5. The number of piperazine rings is 1. The van der Waals surface area contributed by atoms with Gasteiger partial charge >= 0.3 is 0 Å². The van der Waals surface area contributed by atoms with E-state index in [1.54, 1.807) is 6.08 Å². The molecule has 0 atom stereocenters. The predicted molar refractivity (Wildman–Crippen MR) is 132 cm³/mol. The maximum Gasteiger partial charge on any atom is 0.238 e. The van der Waals surface area contributed by atoms with Crippen LogP contribution in [0.4, 0.5) is 0 Å². The number of primary sulfonamides is 1. The number of likely N-dealkylation sites (N-methyl/N-ethyl adjacent to an activating group) is 1. The van der Waals surface area contributed by atoms with E-state index in [-0.39, 0.29) is 45.1 Å². The summed E-state index contributed by atoms with van der Waals surface area (Å²) < 4.78 is 48.8. The van der Waals surface area contributed by atoms with Crippen LogP contribution < -0.4 is 5.14 Å². The molecule has 0 bridgehead atoms. The fourth-order valence-corrected chi connectivity index (χ4v) is 5.25. The third-order valence-corrected chi connectivity index (χ3v) is 8.10. The highest BCUT2D eigenvalue weighted by atomic mass is 35.5. The summed E-state index contributed by atoms with van der Waals surface area (Å²) in [6.45, 7) is 3.57. The number of halogens is 1. The molecule has 0 amide bonds. The molecule has 1 saturated heterocycles. The Balaban J connectivity index is 0.00000324. The van der Waals surface area contributed by atoms with Crippen LogP contribution in [0.1, 0.15) is 0 Å². The Hall–Kier alpha value is -2.64. The largest absolute Gasteiger partial charge is 0.494 e. The van der Waals surface area contributed by atoms with Gasteiger partial charge in [-0.3, -0.25) is 4.98 Å². The van der Waals surface area contributed by atoms with E-state index in [0.29, 0.717) is 10.9 Å². The van der Waals surface area contributed by atoms with Gasteiger partial charge < -0.3 is 19.9 Å². The summed E-state index contributed by atoms with van der Waals surface area (Å²) in [6.07, 6.45) is 4.68. The molecule has 1 aliphatic rings. The fourth-order valence-electron chi connectivity index (χ4n) is 3.69. The van der Waals surface area contributed by atoms with Crippen molar-refractivity contribution in [3.8, 4) is 17.1 Å². The molecule has 0 aliphatic carbocycles. The van der Waals surface area contributed by atoms with Gasteiger partial charge in [-0.15, -0.1) is 12.4 Å².